The topological polar surface area (TPSA) is 81.4 Å². The Hall–Kier alpha value is -3.78. The summed E-state index contributed by atoms with van der Waals surface area (Å²) in [6, 6.07) is 18.2. The van der Waals surface area contributed by atoms with E-state index in [1.54, 1.807) is 11.3 Å². The molecule has 0 radical (unpaired) electrons. The molecule has 1 aliphatic rings. The number of nitrogens with zero attached hydrogens (tertiary/aromatic N) is 4. The molecule has 2 aromatic carbocycles. The Bertz CT molecular complexity index is 1420. The first kappa shape index (κ1) is 23.9. The SMILES string of the molecule is CCOC(=O)C[C@@H]1N=C(c2ccc(NCc3ccccc3)cc2)c2c(sc(C)c2C)-n2c(C)nnc21. The predicted octanol–water partition coefficient (Wildman–Crippen LogP) is 5.71. The van der Waals surface area contributed by atoms with Crippen LogP contribution in [-0.2, 0) is 16.1 Å². The van der Waals surface area contributed by atoms with Crippen LogP contribution in [0, 0.1) is 20.8 Å². The highest BCUT2D eigenvalue weighted by Crippen LogP contribution is 2.39. The van der Waals surface area contributed by atoms with Crippen LogP contribution in [0.25, 0.3) is 5.00 Å². The largest absolute Gasteiger partial charge is 0.466 e. The number of carbonyl (C=O) groups excluding carboxylic acids is 1. The molecule has 0 unspecified atom stereocenters. The number of ether oxygens (including phenoxy) is 1. The minimum atomic E-state index is -0.490. The van der Waals surface area contributed by atoms with Crippen molar-refractivity contribution in [3.63, 3.8) is 0 Å². The second-order valence-electron chi connectivity index (χ2n) is 8.82. The van der Waals surface area contributed by atoms with E-state index in [-0.39, 0.29) is 12.4 Å². The number of rotatable bonds is 7. The minimum absolute atomic E-state index is 0.110. The van der Waals surface area contributed by atoms with Crippen molar-refractivity contribution in [2.45, 2.75) is 46.7 Å². The summed E-state index contributed by atoms with van der Waals surface area (Å²) in [7, 11) is 0. The number of nitrogens with one attached hydrogen (secondary N) is 1. The summed E-state index contributed by atoms with van der Waals surface area (Å²) in [4.78, 5) is 18.9. The molecule has 0 saturated carbocycles. The number of hydrogen-bond acceptors (Lipinski definition) is 7. The molecule has 2 aromatic heterocycles. The van der Waals surface area contributed by atoms with Gasteiger partial charge in [0.05, 0.1) is 18.7 Å². The molecule has 1 atom stereocenters. The number of esters is 1. The van der Waals surface area contributed by atoms with Crippen LogP contribution in [0.15, 0.2) is 59.6 Å². The molecule has 7 nitrogen and oxygen atoms in total. The molecule has 0 saturated heterocycles. The highest BCUT2D eigenvalue weighted by atomic mass is 32.1. The zero-order chi connectivity index (χ0) is 25.2. The van der Waals surface area contributed by atoms with E-state index in [9.17, 15) is 4.79 Å². The summed E-state index contributed by atoms with van der Waals surface area (Å²) >= 11 is 1.70. The predicted molar refractivity (Wildman–Crippen MR) is 143 cm³/mol. The Morgan fingerprint density at radius 3 is 2.53 bits per heavy atom. The van der Waals surface area contributed by atoms with Crippen molar-refractivity contribution < 1.29 is 9.53 Å². The van der Waals surface area contributed by atoms with E-state index in [0.717, 1.165) is 39.9 Å². The standard InChI is InChI=1S/C28H29N5O2S/c1-5-35-24(34)15-23-27-32-31-19(4)33(27)28-25(17(2)18(3)36-28)26(30-23)21-11-13-22(14-12-21)29-16-20-9-7-6-8-10-20/h6-14,23,29H,5,15-16H2,1-4H3/t23-/m0/s1. The number of aliphatic imine (C=N–C) groups is 1. The fraction of sp³-hybridized carbons (Fsp3) is 0.286. The maximum atomic E-state index is 12.5. The lowest BCUT2D eigenvalue weighted by Gasteiger charge is -2.13. The molecule has 3 heterocycles. The fourth-order valence-electron chi connectivity index (χ4n) is 4.45. The van der Waals surface area contributed by atoms with Gasteiger partial charge in [-0.1, -0.05) is 42.5 Å². The zero-order valence-electron chi connectivity index (χ0n) is 20.9. The second kappa shape index (κ2) is 10.1. The van der Waals surface area contributed by atoms with Crippen molar-refractivity contribution in [2.75, 3.05) is 11.9 Å². The molecule has 5 rings (SSSR count). The van der Waals surface area contributed by atoms with Gasteiger partial charge in [0, 0.05) is 28.2 Å². The van der Waals surface area contributed by atoms with Gasteiger partial charge in [0.2, 0.25) is 0 Å². The fourth-order valence-corrected chi connectivity index (χ4v) is 5.66. The Kier molecular flexibility index (Phi) is 6.69. The molecule has 0 amide bonds. The van der Waals surface area contributed by atoms with Gasteiger partial charge in [-0.05, 0) is 51.0 Å². The van der Waals surface area contributed by atoms with Gasteiger partial charge in [-0.15, -0.1) is 21.5 Å². The van der Waals surface area contributed by atoms with Crippen molar-refractivity contribution in [2.24, 2.45) is 4.99 Å². The van der Waals surface area contributed by atoms with Crippen LogP contribution in [0.4, 0.5) is 5.69 Å². The number of benzene rings is 2. The lowest BCUT2D eigenvalue weighted by atomic mass is 9.99. The second-order valence-corrected chi connectivity index (χ2v) is 10.0. The molecule has 184 valence electrons. The van der Waals surface area contributed by atoms with Crippen LogP contribution >= 0.6 is 11.3 Å². The number of carbonyl (C=O) groups is 1. The molecular formula is C28H29N5O2S. The monoisotopic (exact) mass is 499 g/mol. The van der Waals surface area contributed by atoms with Gasteiger partial charge < -0.3 is 10.1 Å². The van der Waals surface area contributed by atoms with Crippen LogP contribution in [-0.4, -0.2) is 33.1 Å². The average molecular weight is 500 g/mol. The van der Waals surface area contributed by atoms with Gasteiger partial charge in [0.15, 0.2) is 5.82 Å². The van der Waals surface area contributed by atoms with Gasteiger partial charge in [-0.2, -0.15) is 0 Å². The van der Waals surface area contributed by atoms with Gasteiger partial charge in [0.25, 0.3) is 0 Å². The third kappa shape index (κ3) is 4.56. The third-order valence-corrected chi connectivity index (χ3v) is 7.60. The van der Waals surface area contributed by atoms with E-state index in [2.05, 4.69) is 70.3 Å². The smallest absolute Gasteiger partial charge is 0.308 e. The van der Waals surface area contributed by atoms with E-state index < -0.39 is 6.04 Å². The maximum absolute atomic E-state index is 12.5. The number of hydrogen-bond donors (Lipinski definition) is 1. The molecular weight excluding hydrogens is 470 g/mol. The van der Waals surface area contributed by atoms with E-state index >= 15 is 0 Å². The highest BCUT2D eigenvalue weighted by molar-refractivity contribution is 7.15. The minimum Gasteiger partial charge on any atom is -0.466 e. The molecule has 1 aliphatic heterocycles. The Morgan fingerprint density at radius 1 is 1.06 bits per heavy atom. The summed E-state index contributed by atoms with van der Waals surface area (Å²) in [5.41, 5.74) is 6.36. The lowest BCUT2D eigenvalue weighted by molar-refractivity contribution is -0.143. The number of fused-ring (bicyclic) bond motifs is 3. The summed E-state index contributed by atoms with van der Waals surface area (Å²) in [5.74, 6) is 1.15. The first-order valence-electron chi connectivity index (χ1n) is 12.1. The summed E-state index contributed by atoms with van der Waals surface area (Å²) in [6.45, 7) is 9.08. The van der Waals surface area contributed by atoms with E-state index in [4.69, 9.17) is 9.73 Å². The quantitative estimate of drug-likeness (QED) is 0.329. The number of aromatic nitrogens is 3. The van der Waals surface area contributed by atoms with Crippen LogP contribution in [0.2, 0.25) is 0 Å². The summed E-state index contributed by atoms with van der Waals surface area (Å²) < 4.78 is 7.31. The van der Waals surface area contributed by atoms with Crippen molar-refractivity contribution in [1.82, 2.24) is 14.8 Å². The molecule has 1 N–H and O–H groups in total. The Morgan fingerprint density at radius 2 is 1.81 bits per heavy atom. The van der Waals surface area contributed by atoms with Crippen LogP contribution < -0.4 is 5.32 Å². The van der Waals surface area contributed by atoms with Crippen molar-refractivity contribution in [3.8, 4) is 5.00 Å². The van der Waals surface area contributed by atoms with Gasteiger partial charge >= 0.3 is 5.97 Å². The molecule has 36 heavy (non-hydrogen) atoms. The molecule has 0 aliphatic carbocycles. The van der Waals surface area contributed by atoms with Crippen molar-refractivity contribution in [3.05, 3.63) is 93.4 Å². The van der Waals surface area contributed by atoms with E-state index in [0.29, 0.717) is 12.4 Å². The van der Waals surface area contributed by atoms with Crippen LogP contribution in [0.3, 0.4) is 0 Å². The molecule has 0 fully saturated rings. The number of aryl methyl sites for hydroxylation is 2. The first-order valence-corrected chi connectivity index (χ1v) is 12.9. The molecule has 4 aromatic rings. The average Bonchev–Trinajstić information content (AvgIpc) is 3.36. The maximum Gasteiger partial charge on any atom is 0.308 e. The Labute approximate surface area is 214 Å². The van der Waals surface area contributed by atoms with Gasteiger partial charge in [-0.3, -0.25) is 14.4 Å². The van der Waals surface area contributed by atoms with Gasteiger partial charge in [-0.25, -0.2) is 0 Å². The van der Waals surface area contributed by atoms with Gasteiger partial charge in [0.1, 0.15) is 16.9 Å². The van der Waals surface area contributed by atoms with E-state index in [1.807, 2.05) is 32.0 Å². The zero-order valence-corrected chi connectivity index (χ0v) is 21.7. The molecule has 0 spiro atoms. The van der Waals surface area contributed by atoms with Crippen LogP contribution in [0.1, 0.15) is 58.2 Å². The van der Waals surface area contributed by atoms with Crippen molar-refractivity contribution >= 4 is 28.7 Å². The van der Waals surface area contributed by atoms with E-state index in [1.165, 1.54) is 16.0 Å². The van der Waals surface area contributed by atoms with Crippen molar-refractivity contribution in [1.29, 1.82) is 0 Å². The normalized spacial score (nSPS) is 14.4. The highest BCUT2D eigenvalue weighted by Gasteiger charge is 2.32. The Balaban J connectivity index is 1.54. The summed E-state index contributed by atoms with van der Waals surface area (Å²) in [6.07, 6.45) is 0.110. The summed E-state index contributed by atoms with van der Waals surface area (Å²) in [5, 5.41) is 13.3. The third-order valence-electron chi connectivity index (χ3n) is 6.40. The lowest BCUT2D eigenvalue weighted by Crippen LogP contribution is -2.13. The molecule has 8 heteroatoms. The number of thiophene rings is 1. The number of anilines is 1. The molecule has 0 bridgehead atoms. The van der Waals surface area contributed by atoms with Crippen LogP contribution in [0.5, 0.6) is 0 Å². The first-order chi connectivity index (χ1) is 17.5.